The second-order valence-corrected chi connectivity index (χ2v) is 8.16. The van der Waals surface area contributed by atoms with Crippen LogP contribution in [0.15, 0.2) is 23.1 Å². The number of rotatable bonds is 4. The van der Waals surface area contributed by atoms with E-state index >= 15 is 0 Å². The van der Waals surface area contributed by atoms with Gasteiger partial charge in [0.25, 0.3) is 0 Å². The largest absolute Gasteiger partial charge is 0.465 e. The van der Waals surface area contributed by atoms with Gasteiger partial charge in [-0.15, -0.1) is 0 Å². The maximum atomic E-state index is 12.5. The van der Waals surface area contributed by atoms with Crippen molar-refractivity contribution in [2.24, 2.45) is 11.8 Å². The molecule has 0 aliphatic heterocycles. The van der Waals surface area contributed by atoms with Gasteiger partial charge in [0, 0.05) is 6.04 Å². The van der Waals surface area contributed by atoms with Gasteiger partial charge in [-0.2, -0.15) is 0 Å². The molecule has 0 radical (unpaired) electrons. The SMILES string of the molecule is COC(=O)c1cc(S(=O)(=O)N[C@@H]2C[C@H]3CC[C@@H]2C3)ccc1Cl. The molecule has 5 nitrogen and oxygen atoms in total. The minimum absolute atomic E-state index is 0.000930. The zero-order valence-corrected chi connectivity index (χ0v) is 13.8. The molecule has 2 aliphatic carbocycles. The van der Waals surface area contributed by atoms with Crippen LogP contribution in [0.3, 0.4) is 0 Å². The van der Waals surface area contributed by atoms with Gasteiger partial charge >= 0.3 is 5.97 Å². The predicted octanol–water partition coefficient (Wildman–Crippen LogP) is 2.59. The molecule has 1 aromatic carbocycles. The Morgan fingerprint density at radius 1 is 1.32 bits per heavy atom. The number of nitrogens with one attached hydrogen (secondary N) is 1. The summed E-state index contributed by atoms with van der Waals surface area (Å²) in [6.07, 6.45) is 4.31. The van der Waals surface area contributed by atoms with Crippen LogP contribution in [0, 0.1) is 11.8 Å². The van der Waals surface area contributed by atoms with E-state index in [1.807, 2.05) is 0 Å². The molecule has 7 heteroatoms. The third kappa shape index (κ3) is 2.87. The first-order valence-electron chi connectivity index (χ1n) is 7.31. The van der Waals surface area contributed by atoms with Gasteiger partial charge in [-0.05, 0) is 49.3 Å². The number of ether oxygens (including phenoxy) is 1. The van der Waals surface area contributed by atoms with Crippen LogP contribution in [-0.4, -0.2) is 27.5 Å². The van der Waals surface area contributed by atoms with E-state index in [2.05, 4.69) is 9.46 Å². The van der Waals surface area contributed by atoms with E-state index in [1.54, 1.807) is 0 Å². The van der Waals surface area contributed by atoms with Crippen molar-refractivity contribution in [3.05, 3.63) is 28.8 Å². The highest BCUT2D eigenvalue weighted by Gasteiger charge is 2.41. The Balaban J connectivity index is 1.84. The summed E-state index contributed by atoms with van der Waals surface area (Å²) < 4.78 is 32.5. The average Bonchev–Trinajstić information content (AvgIpc) is 3.08. The second-order valence-electron chi connectivity index (χ2n) is 6.04. The number of esters is 1. The highest BCUT2D eigenvalue weighted by atomic mass is 35.5. The number of fused-ring (bicyclic) bond motifs is 2. The number of halogens is 1. The first-order valence-corrected chi connectivity index (χ1v) is 9.17. The first-order chi connectivity index (χ1) is 10.4. The minimum Gasteiger partial charge on any atom is -0.465 e. The van der Waals surface area contributed by atoms with Crippen LogP contribution in [0.2, 0.25) is 5.02 Å². The molecule has 3 atom stereocenters. The summed E-state index contributed by atoms with van der Waals surface area (Å²) in [6, 6.07) is 4.08. The fourth-order valence-electron chi connectivity index (χ4n) is 3.59. The van der Waals surface area contributed by atoms with E-state index in [0.29, 0.717) is 11.8 Å². The third-order valence-electron chi connectivity index (χ3n) is 4.70. The molecule has 1 aromatic rings. The normalized spacial score (nSPS) is 27.1. The Hall–Kier alpha value is -1.11. The van der Waals surface area contributed by atoms with Crippen molar-refractivity contribution in [3.63, 3.8) is 0 Å². The summed E-state index contributed by atoms with van der Waals surface area (Å²) in [6.45, 7) is 0. The van der Waals surface area contributed by atoms with Gasteiger partial charge in [0.05, 0.1) is 22.6 Å². The summed E-state index contributed by atoms with van der Waals surface area (Å²) in [5, 5.41) is 0.172. The summed E-state index contributed by atoms with van der Waals surface area (Å²) in [4.78, 5) is 11.7. The van der Waals surface area contributed by atoms with Crippen molar-refractivity contribution >= 4 is 27.6 Å². The van der Waals surface area contributed by atoms with E-state index in [0.717, 1.165) is 19.3 Å². The number of sulfonamides is 1. The second kappa shape index (κ2) is 5.83. The van der Waals surface area contributed by atoms with Crippen LogP contribution in [-0.2, 0) is 14.8 Å². The zero-order valence-electron chi connectivity index (χ0n) is 12.2. The van der Waals surface area contributed by atoms with Crippen LogP contribution in [0.25, 0.3) is 0 Å². The molecule has 0 saturated heterocycles. The van der Waals surface area contributed by atoms with E-state index in [-0.39, 0.29) is 21.5 Å². The van der Waals surface area contributed by atoms with Crippen molar-refractivity contribution in [1.82, 2.24) is 4.72 Å². The van der Waals surface area contributed by atoms with Gasteiger partial charge in [0.15, 0.2) is 0 Å². The van der Waals surface area contributed by atoms with Crippen molar-refractivity contribution in [3.8, 4) is 0 Å². The van der Waals surface area contributed by atoms with Crippen molar-refractivity contribution < 1.29 is 17.9 Å². The highest BCUT2D eigenvalue weighted by Crippen LogP contribution is 2.44. The average molecular weight is 344 g/mol. The summed E-state index contributed by atoms with van der Waals surface area (Å²) in [7, 11) is -2.43. The zero-order chi connectivity index (χ0) is 15.9. The van der Waals surface area contributed by atoms with Crippen molar-refractivity contribution in [1.29, 1.82) is 0 Å². The van der Waals surface area contributed by atoms with E-state index in [1.165, 1.54) is 31.7 Å². The summed E-state index contributed by atoms with van der Waals surface area (Å²) in [5.74, 6) is 0.433. The van der Waals surface area contributed by atoms with Crippen LogP contribution < -0.4 is 4.72 Å². The molecule has 0 aromatic heterocycles. The first kappa shape index (κ1) is 15.8. The van der Waals surface area contributed by atoms with Gasteiger partial charge in [0.1, 0.15) is 0 Å². The van der Waals surface area contributed by atoms with Crippen molar-refractivity contribution in [2.75, 3.05) is 7.11 Å². The lowest BCUT2D eigenvalue weighted by Gasteiger charge is -2.22. The number of methoxy groups -OCH3 is 1. The topological polar surface area (TPSA) is 72.5 Å². The van der Waals surface area contributed by atoms with Gasteiger partial charge in [-0.1, -0.05) is 18.0 Å². The van der Waals surface area contributed by atoms with E-state index < -0.39 is 16.0 Å². The quantitative estimate of drug-likeness (QED) is 0.853. The van der Waals surface area contributed by atoms with Crippen LogP contribution >= 0.6 is 11.6 Å². The van der Waals surface area contributed by atoms with Gasteiger partial charge in [0.2, 0.25) is 10.0 Å². The highest BCUT2D eigenvalue weighted by molar-refractivity contribution is 7.89. The van der Waals surface area contributed by atoms with Crippen molar-refractivity contribution in [2.45, 2.75) is 36.6 Å². The molecule has 2 fully saturated rings. The molecular formula is C15H18ClNO4S. The molecule has 0 amide bonds. The maximum Gasteiger partial charge on any atom is 0.339 e. The Bertz CT molecular complexity index is 703. The van der Waals surface area contributed by atoms with Gasteiger partial charge in [-0.25, -0.2) is 17.9 Å². The molecule has 1 N–H and O–H groups in total. The monoisotopic (exact) mass is 343 g/mol. The predicted molar refractivity (Wildman–Crippen MR) is 82.3 cm³/mol. The van der Waals surface area contributed by atoms with Crippen LogP contribution in [0.4, 0.5) is 0 Å². The minimum atomic E-state index is -3.66. The van der Waals surface area contributed by atoms with E-state index in [9.17, 15) is 13.2 Å². The number of hydrogen-bond acceptors (Lipinski definition) is 4. The molecule has 0 unspecified atom stereocenters. The molecule has 22 heavy (non-hydrogen) atoms. The molecule has 0 spiro atoms. The van der Waals surface area contributed by atoms with Crippen LogP contribution in [0.5, 0.6) is 0 Å². The number of carbonyl (C=O) groups is 1. The number of hydrogen-bond donors (Lipinski definition) is 1. The third-order valence-corrected chi connectivity index (χ3v) is 6.52. The lowest BCUT2D eigenvalue weighted by Crippen LogP contribution is -2.38. The lowest BCUT2D eigenvalue weighted by atomic mass is 9.96. The Kier molecular flexibility index (Phi) is 4.18. The lowest BCUT2D eigenvalue weighted by molar-refractivity contribution is 0.0600. The smallest absolute Gasteiger partial charge is 0.339 e. The Morgan fingerprint density at radius 2 is 2.09 bits per heavy atom. The fraction of sp³-hybridized carbons (Fsp3) is 0.533. The number of benzene rings is 1. The fourth-order valence-corrected chi connectivity index (χ4v) is 5.13. The Labute approximate surface area is 135 Å². The van der Waals surface area contributed by atoms with Crippen LogP contribution in [0.1, 0.15) is 36.0 Å². The summed E-state index contributed by atoms with van der Waals surface area (Å²) in [5.41, 5.74) is 0.0555. The molecule has 3 rings (SSSR count). The molecule has 2 aliphatic rings. The Morgan fingerprint density at radius 3 is 2.68 bits per heavy atom. The van der Waals surface area contributed by atoms with Gasteiger partial charge < -0.3 is 4.74 Å². The molecule has 2 bridgehead atoms. The maximum absolute atomic E-state index is 12.5. The molecule has 120 valence electrons. The standard InChI is InChI=1S/C15H18ClNO4S/c1-21-15(18)12-8-11(4-5-13(12)16)22(19,20)17-14-7-9-2-3-10(14)6-9/h4-5,8-10,14,17H,2-3,6-7H2,1H3/t9-,10+,14+/m0/s1. The van der Waals surface area contributed by atoms with Gasteiger partial charge in [-0.3, -0.25) is 0 Å². The molecule has 2 saturated carbocycles. The summed E-state index contributed by atoms with van der Waals surface area (Å²) >= 11 is 5.93. The molecular weight excluding hydrogens is 326 g/mol. The number of carbonyl (C=O) groups excluding carboxylic acids is 1. The molecule has 0 heterocycles. The van der Waals surface area contributed by atoms with E-state index in [4.69, 9.17) is 11.6 Å².